The SMILES string of the molecule is Cc1[nH]ncc1S(=O)(=O)N(C)C1CCCNC1. The fourth-order valence-corrected chi connectivity index (χ4v) is 3.60. The summed E-state index contributed by atoms with van der Waals surface area (Å²) in [5.41, 5.74) is 0.584. The van der Waals surface area contributed by atoms with Crippen LogP contribution in [0.5, 0.6) is 0 Å². The van der Waals surface area contributed by atoms with Gasteiger partial charge in [-0.15, -0.1) is 0 Å². The van der Waals surface area contributed by atoms with Gasteiger partial charge >= 0.3 is 0 Å². The maximum Gasteiger partial charge on any atom is 0.246 e. The van der Waals surface area contributed by atoms with Gasteiger partial charge in [0, 0.05) is 19.6 Å². The zero-order valence-electron chi connectivity index (χ0n) is 10.1. The third-order valence-electron chi connectivity index (χ3n) is 3.23. The molecule has 2 heterocycles. The first kappa shape index (κ1) is 12.5. The lowest BCUT2D eigenvalue weighted by molar-refractivity contribution is 0.300. The summed E-state index contributed by atoms with van der Waals surface area (Å²) in [6.07, 6.45) is 3.28. The molecule has 96 valence electrons. The van der Waals surface area contributed by atoms with E-state index in [-0.39, 0.29) is 10.9 Å². The predicted octanol–water partition coefficient (Wildman–Crippen LogP) is 0.0906. The van der Waals surface area contributed by atoms with Crippen LogP contribution in [0, 0.1) is 6.92 Å². The number of aromatic amines is 1. The minimum absolute atomic E-state index is 0.0306. The molecule has 0 bridgehead atoms. The molecule has 1 fully saturated rings. The number of piperidine rings is 1. The van der Waals surface area contributed by atoms with Crippen LogP contribution >= 0.6 is 0 Å². The van der Waals surface area contributed by atoms with Gasteiger partial charge in [0.2, 0.25) is 10.0 Å². The van der Waals surface area contributed by atoms with E-state index < -0.39 is 10.0 Å². The molecule has 2 N–H and O–H groups in total. The molecule has 6 nitrogen and oxygen atoms in total. The number of nitrogens with one attached hydrogen (secondary N) is 2. The van der Waals surface area contributed by atoms with Crippen molar-refractivity contribution >= 4 is 10.0 Å². The quantitative estimate of drug-likeness (QED) is 0.805. The van der Waals surface area contributed by atoms with E-state index in [0.29, 0.717) is 12.2 Å². The molecular weight excluding hydrogens is 240 g/mol. The number of nitrogens with zero attached hydrogens (tertiary/aromatic N) is 2. The van der Waals surface area contributed by atoms with Crippen LogP contribution in [0.25, 0.3) is 0 Å². The van der Waals surface area contributed by atoms with Gasteiger partial charge in [0.25, 0.3) is 0 Å². The molecule has 0 amide bonds. The molecule has 1 aliphatic heterocycles. The molecule has 1 unspecified atom stereocenters. The summed E-state index contributed by atoms with van der Waals surface area (Å²) in [6, 6.07) is 0.0306. The van der Waals surface area contributed by atoms with Crippen molar-refractivity contribution in [2.24, 2.45) is 0 Å². The molecule has 0 aliphatic carbocycles. The predicted molar refractivity (Wildman–Crippen MR) is 64.2 cm³/mol. The Hall–Kier alpha value is -0.920. The zero-order chi connectivity index (χ0) is 12.5. The van der Waals surface area contributed by atoms with E-state index in [9.17, 15) is 8.42 Å². The lowest BCUT2D eigenvalue weighted by Crippen LogP contribution is -2.46. The van der Waals surface area contributed by atoms with Gasteiger partial charge in [0.05, 0.1) is 11.9 Å². The van der Waals surface area contributed by atoms with Crippen LogP contribution in [0.1, 0.15) is 18.5 Å². The largest absolute Gasteiger partial charge is 0.315 e. The van der Waals surface area contributed by atoms with E-state index in [1.165, 1.54) is 10.5 Å². The Morgan fingerprint density at radius 3 is 2.82 bits per heavy atom. The topological polar surface area (TPSA) is 78.1 Å². The number of aromatic nitrogens is 2. The Morgan fingerprint density at radius 1 is 1.53 bits per heavy atom. The second-order valence-electron chi connectivity index (χ2n) is 4.38. The van der Waals surface area contributed by atoms with Crippen LogP contribution in [0.15, 0.2) is 11.1 Å². The normalized spacial score (nSPS) is 21.9. The minimum atomic E-state index is -3.43. The van der Waals surface area contributed by atoms with Crippen molar-refractivity contribution in [2.75, 3.05) is 20.1 Å². The molecule has 0 aromatic carbocycles. The van der Waals surface area contributed by atoms with Gasteiger partial charge in [-0.05, 0) is 26.3 Å². The molecule has 17 heavy (non-hydrogen) atoms. The van der Waals surface area contributed by atoms with Gasteiger partial charge in [-0.2, -0.15) is 9.40 Å². The highest BCUT2D eigenvalue weighted by atomic mass is 32.2. The van der Waals surface area contributed by atoms with Crippen LogP contribution in [0.2, 0.25) is 0 Å². The molecule has 1 aliphatic rings. The van der Waals surface area contributed by atoms with Crippen molar-refractivity contribution in [2.45, 2.75) is 30.7 Å². The highest BCUT2D eigenvalue weighted by molar-refractivity contribution is 7.89. The van der Waals surface area contributed by atoms with Crippen LogP contribution < -0.4 is 5.32 Å². The lowest BCUT2D eigenvalue weighted by atomic mass is 10.1. The number of hydrogen-bond donors (Lipinski definition) is 2. The van der Waals surface area contributed by atoms with E-state index in [2.05, 4.69) is 15.5 Å². The van der Waals surface area contributed by atoms with Gasteiger partial charge in [0.15, 0.2) is 0 Å². The zero-order valence-corrected chi connectivity index (χ0v) is 10.9. The van der Waals surface area contributed by atoms with Gasteiger partial charge in [-0.25, -0.2) is 8.42 Å². The number of hydrogen-bond acceptors (Lipinski definition) is 4. The van der Waals surface area contributed by atoms with Crippen molar-refractivity contribution in [3.05, 3.63) is 11.9 Å². The lowest BCUT2D eigenvalue weighted by Gasteiger charge is -2.30. The molecule has 7 heteroatoms. The second kappa shape index (κ2) is 4.75. The number of aryl methyl sites for hydroxylation is 1. The number of H-pyrrole nitrogens is 1. The van der Waals surface area contributed by atoms with Gasteiger partial charge in [-0.3, -0.25) is 5.10 Å². The van der Waals surface area contributed by atoms with Crippen LogP contribution in [-0.2, 0) is 10.0 Å². The summed E-state index contributed by atoms with van der Waals surface area (Å²) in [5.74, 6) is 0. The standard InChI is InChI=1S/C10H18N4O2S/c1-8-10(7-12-13-8)17(15,16)14(2)9-4-3-5-11-6-9/h7,9,11H,3-6H2,1-2H3,(H,12,13). The fraction of sp³-hybridized carbons (Fsp3) is 0.700. The summed E-state index contributed by atoms with van der Waals surface area (Å²) in [4.78, 5) is 0.269. The first-order chi connectivity index (χ1) is 8.03. The highest BCUT2D eigenvalue weighted by Crippen LogP contribution is 2.20. The summed E-state index contributed by atoms with van der Waals surface area (Å²) < 4.78 is 26.2. The third-order valence-corrected chi connectivity index (χ3v) is 5.25. The third kappa shape index (κ3) is 2.36. The number of likely N-dealkylation sites (N-methyl/N-ethyl adjacent to an activating group) is 1. The smallest absolute Gasteiger partial charge is 0.246 e. The van der Waals surface area contributed by atoms with Crippen LogP contribution in [0.4, 0.5) is 0 Å². The summed E-state index contributed by atoms with van der Waals surface area (Å²) in [5, 5.41) is 9.65. The molecule has 2 rings (SSSR count). The van der Waals surface area contributed by atoms with Gasteiger partial charge in [0.1, 0.15) is 4.90 Å². The minimum Gasteiger partial charge on any atom is -0.315 e. The Bertz CT molecular complexity index is 476. The van der Waals surface area contributed by atoms with Crippen molar-refractivity contribution in [1.82, 2.24) is 19.8 Å². The second-order valence-corrected chi connectivity index (χ2v) is 6.35. The van der Waals surface area contributed by atoms with Crippen molar-refractivity contribution in [3.63, 3.8) is 0 Å². The summed E-state index contributed by atoms with van der Waals surface area (Å²) >= 11 is 0. The number of sulfonamides is 1. The Labute approximate surface area is 101 Å². The van der Waals surface area contributed by atoms with E-state index >= 15 is 0 Å². The summed E-state index contributed by atoms with van der Waals surface area (Å²) in [6.45, 7) is 3.40. The van der Waals surface area contributed by atoms with Crippen molar-refractivity contribution in [3.8, 4) is 0 Å². The molecule has 0 spiro atoms. The molecule has 1 atom stereocenters. The van der Waals surface area contributed by atoms with Crippen LogP contribution in [-0.4, -0.2) is 49.1 Å². The fourth-order valence-electron chi connectivity index (χ4n) is 2.09. The molecule has 1 aromatic heterocycles. The van der Waals surface area contributed by atoms with Crippen LogP contribution in [0.3, 0.4) is 0 Å². The first-order valence-corrected chi connectivity index (χ1v) is 7.16. The van der Waals surface area contributed by atoms with Crippen molar-refractivity contribution < 1.29 is 8.42 Å². The van der Waals surface area contributed by atoms with E-state index in [0.717, 1.165) is 19.4 Å². The first-order valence-electron chi connectivity index (χ1n) is 5.72. The monoisotopic (exact) mass is 258 g/mol. The molecule has 0 saturated carbocycles. The Kier molecular flexibility index (Phi) is 3.50. The van der Waals surface area contributed by atoms with Crippen molar-refractivity contribution in [1.29, 1.82) is 0 Å². The molecular formula is C10H18N4O2S. The molecule has 0 radical (unpaired) electrons. The summed E-state index contributed by atoms with van der Waals surface area (Å²) in [7, 11) is -1.79. The maximum absolute atomic E-state index is 12.4. The van der Waals surface area contributed by atoms with E-state index in [1.807, 2.05) is 0 Å². The molecule has 1 saturated heterocycles. The van der Waals surface area contributed by atoms with E-state index in [4.69, 9.17) is 0 Å². The maximum atomic E-state index is 12.4. The van der Waals surface area contributed by atoms with Gasteiger partial charge < -0.3 is 5.32 Å². The Morgan fingerprint density at radius 2 is 2.29 bits per heavy atom. The average molecular weight is 258 g/mol. The van der Waals surface area contributed by atoms with Gasteiger partial charge in [-0.1, -0.05) is 0 Å². The number of rotatable bonds is 3. The molecule has 1 aromatic rings. The Balaban J connectivity index is 2.23. The van der Waals surface area contributed by atoms with E-state index in [1.54, 1.807) is 14.0 Å². The average Bonchev–Trinajstić information content (AvgIpc) is 2.76. The highest BCUT2D eigenvalue weighted by Gasteiger charge is 2.30.